The van der Waals surface area contributed by atoms with Gasteiger partial charge in [-0.1, -0.05) is 35.7 Å². The third kappa shape index (κ3) is 4.87. The largest absolute Gasteiger partial charge is 0.353 e. The molecule has 0 aromatic heterocycles. The van der Waals surface area contributed by atoms with Crippen LogP contribution in [0.1, 0.15) is 37.7 Å². The van der Waals surface area contributed by atoms with Crippen molar-refractivity contribution in [3.8, 4) is 0 Å². The summed E-state index contributed by atoms with van der Waals surface area (Å²) in [5.41, 5.74) is 6.84. The molecule has 1 aromatic carbocycles. The van der Waals surface area contributed by atoms with Gasteiger partial charge in [-0.25, -0.2) is 0 Å². The standard InChI is InChI=1S/C16H22Cl2N2O/c17-13-8-7-11(9-14(13)18)3-1-6-16(21)20-15-5-2-4-12(15)10-19/h7-9,12,15H,1-6,10,19H2,(H,20,21). The molecule has 1 aliphatic rings. The lowest BCUT2D eigenvalue weighted by Gasteiger charge is -2.19. The van der Waals surface area contributed by atoms with Gasteiger partial charge in [-0.2, -0.15) is 0 Å². The highest BCUT2D eigenvalue weighted by atomic mass is 35.5. The van der Waals surface area contributed by atoms with Gasteiger partial charge in [0.05, 0.1) is 10.0 Å². The molecule has 2 unspecified atom stereocenters. The maximum Gasteiger partial charge on any atom is 0.220 e. The maximum atomic E-state index is 12.0. The molecule has 116 valence electrons. The third-order valence-electron chi connectivity index (χ3n) is 4.16. The number of amides is 1. The van der Waals surface area contributed by atoms with Crippen LogP contribution in [0.25, 0.3) is 0 Å². The number of hydrogen-bond acceptors (Lipinski definition) is 2. The molecule has 1 saturated carbocycles. The van der Waals surface area contributed by atoms with Crippen LogP contribution in [0.5, 0.6) is 0 Å². The Hall–Kier alpha value is -0.770. The fourth-order valence-corrected chi connectivity index (χ4v) is 3.26. The molecular formula is C16H22Cl2N2O. The minimum atomic E-state index is 0.125. The Kier molecular flexibility index (Phi) is 6.34. The number of nitrogens with one attached hydrogen (secondary N) is 1. The van der Waals surface area contributed by atoms with Crippen molar-refractivity contribution in [2.75, 3.05) is 6.54 Å². The summed E-state index contributed by atoms with van der Waals surface area (Å²) in [5, 5.41) is 4.25. The van der Waals surface area contributed by atoms with Gasteiger partial charge in [0.15, 0.2) is 0 Å². The van der Waals surface area contributed by atoms with E-state index in [-0.39, 0.29) is 11.9 Å². The Labute approximate surface area is 136 Å². The number of rotatable bonds is 6. The van der Waals surface area contributed by atoms with Crippen LogP contribution in [-0.4, -0.2) is 18.5 Å². The average molecular weight is 329 g/mol. The lowest BCUT2D eigenvalue weighted by atomic mass is 10.0. The van der Waals surface area contributed by atoms with Gasteiger partial charge in [0.2, 0.25) is 5.91 Å². The van der Waals surface area contributed by atoms with Gasteiger partial charge in [-0.05, 0) is 55.8 Å². The molecule has 21 heavy (non-hydrogen) atoms. The number of aryl methyl sites for hydroxylation is 1. The highest BCUT2D eigenvalue weighted by Gasteiger charge is 2.26. The van der Waals surface area contributed by atoms with E-state index < -0.39 is 0 Å². The predicted octanol–water partition coefficient (Wildman–Crippen LogP) is 3.56. The van der Waals surface area contributed by atoms with Gasteiger partial charge >= 0.3 is 0 Å². The molecule has 5 heteroatoms. The topological polar surface area (TPSA) is 55.1 Å². The van der Waals surface area contributed by atoms with Crippen LogP contribution in [0.2, 0.25) is 10.0 Å². The Balaban J connectivity index is 1.72. The van der Waals surface area contributed by atoms with Crippen molar-refractivity contribution in [3.05, 3.63) is 33.8 Å². The van der Waals surface area contributed by atoms with Crippen LogP contribution >= 0.6 is 23.2 Å². The van der Waals surface area contributed by atoms with Crippen molar-refractivity contribution in [1.29, 1.82) is 0 Å². The van der Waals surface area contributed by atoms with Gasteiger partial charge in [0, 0.05) is 12.5 Å². The smallest absolute Gasteiger partial charge is 0.220 e. The highest BCUT2D eigenvalue weighted by molar-refractivity contribution is 6.42. The summed E-state index contributed by atoms with van der Waals surface area (Å²) in [4.78, 5) is 12.0. The Morgan fingerprint density at radius 3 is 2.81 bits per heavy atom. The van der Waals surface area contributed by atoms with Crippen molar-refractivity contribution in [1.82, 2.24) is 5.32 Å². The number of halogens is 2. The molecule has 3 N–H and O–H groups in total. The number of nitrogens with two attached hydrogens (primary N) is 1. The number of carbonyl (C=O) groups is 1. The predicted molar refractivity (Wildman–Crippen MR) is 87.7 cm³/mol. The second-order valence-electron chi connectivity index (χ2n) is 5.70. The Morgan fingerprint density at radius 2 is 2.10 bits per heavy atom. The van der Waals surface area contributed by atoms with Crippen LogP contribution in [0.15, 0.2) is 18.2 Å². The molecule has 1 amide bonds. The van der Waals surface area contributed by atoms with E-state index in [1.807, 2.05) is 12.1 Å². The fraction of sp³-hybridized carbons (Fsp3) is 0.562. The van der Waals surface area contributed by atoms with Gasteiger partial charge < -0.3 is 11.1 Å². The van der Waals surface area contributed by atoms with E-state index in [4.69, 9.17) is 28.9 Å². The van der Waals surface area contributed by atoms with E-state index in [1.165, 1.54) is 0 Å². The quantitative estimate of drug-likeness (QED) is 0.838. The summed E-state index contributed by atoms with van der Waals surface area (Å²) < 4.78 is 0. The minimum Gasteiger partial charge on any atom is -0.353 e. The van der Waals surface area contributed by atoms with Crippen molar-refractivity contribution >= 4 is 29.1 Å². The number of hydrogen-bond donors (Lipinski definition) is 2. The molecular weight excluding hydrogens is 307 g/mol. The first-order valence-corrected chi connectivity index (χ1v) is 8.29. The van der Waals surface area contributed by atoms with Crippen molar-refractivity contribution < 1.29 is 4.79 Å². The Bertz CT molecular complexity index is 493. The van der Waals surface area contributed by atoms with Crippen molar-refractivity contribution in [2.45, 2.75) is 44.6 Å². The first-order chi connectivity index (χ1) is 10.1. The molecule has 2 rings (SSSR count). The third-order valence-corrected chi connectivity index (χ3v) is 4.90. The summed E-state index contributed by atoms with van der Waals surface area (Å²) in [7, 11) is 0. The Morgan fingerprint density at radius 1 is 1.29 bits per heavy atom. The van der Waals surface area contributed by atoms with Crippen molar-refractivity contribution in [2.24, 2.45) is 11.7 Å². The maximum absolute atomic E-state index is 12.0. The van der Waals surface area contributed by atoms with Gasteiger partial charge in [-0.3, -0.25) is 4.79 Å². The SMILES string of the molecule is NCC1CCCC1NC(=O)CCCc1ccc(Cl)c(Cl)c1. The van der Waals surface area contributed by atoms with Crippen LogP contribution in [-0.2, 0) is 11.2 Å². The van der Waals surface area contributed by atoms with E-state index in [9.17, 15) is 4.79 Å². The van der Waals surface area contributed by atoms with E-state index in [0.29, 0.717) is 28.9 Å². The number of carbonyl (C=O) groups excluding carboxylic acids is 1. The zero-order valence-electron chi connectivity index (χ0n) is 12.1. The van der Waals surface area contributed by atoms with Crippen LogP contribution in [0.3, 0.4) is 0 Å². The van der Waals surface area contributed by atoms with E-state index in [2.05, 4.69) is 5.32 Å². The van der Waals surface area contributed by atoms with Crippen LogP contribution < -0.4 is 11.1 Å². The molecule has 1 aliphatic carbocycles. The molecule has 1 fully saturated rings. The second-order valence-corrected chi connectivity index (χ2v) is 6.52. The van der Waals surface area contributed by atoms with Crippen molar-refractivity contribution in [3.63, 3.8) is 0 Å². The molecule has 0 spiro atoms. The summed E-state index contributed by atoms with van der Waals surface area (Å²) >= 11 is 11.9. The van der Waals surface area contributed by atoms with Gasteiger partial charge in [0.1, 0.15) is 0 Å². The summed E-state index contributed by atoms with van der Waals surface area (Å²) in [5.74, 6) is 0.574. The highest BCUT2D eigenvalue weighted by Crippen LogP contribution is 2.25. The summed E-state index contributed by atoms with van der Waals surface area (Å²) in [6, 6.07) is 5.88. The number of benzene rings is 1. The molecule has 2 atom stereocenters. The fourth-order valence-electron chi connectivity index (χ4n) is 2.94. The van der Waals surface area contributed by atoms with Gasteiger partial charge in [0.25, 0.3) is 0 Å². The molecule has 3 nitrogen and oxygen atoms in total. The molecule has 0 heterocycles. The normalized spacial score (nSPS) is 21.5. The van der Waals surface area contributed by atoms with Crippen LogP contribution in [0, 0.1) is 5.92 Å². The minimum absolute atomic E-state index is 0.125. The second kappa shape index (κ2) is 8.02. The zero-order chi connectivity index (χ0) is 15.2. The molecule has 0 aliphatic heterocycles. The van der Waals surface area contributed by atoms with E-state index in [1.54, 1.807) is 6.07 Å². The summed E-state index contributed by atoms with van der Waals surface area (Å²) in [6.07, 6.45) is 5.52. The zero-order valence-corrected chi connectivity index (χ0v) is 13.6. The molecule has 0 saturated heterocycles. The lowest BCUT2D eigenvalue weighted by molar-refractivity contribution is -0.122. The lowest BCUT2D eigenvalue weighted by Crippen LogP contribution is -2.39. The van der Waals surface area contributed by atoms with E-state index in [0.717, 1.165) is 37.7 Å². The monoisotopic (exact) mass is 328 g/mol. The van der Waals surface area contributed by atoms with Gasteiger partial charge in [-0.15, -0.1) is 0 Å². The van der Waals surface area contributed by atoms with E-state index >= 15 is 0 Å². The average Bonchev–Trinajstić information content (AvgIpc) is 2.90. The first-order valence-electron chi connectivity index (χ1n) is 7.53. The molecule has 1 aromatic rings. The molecule has 0 radical (unpaired) electrons. The first kappa shape index (κ1) is 16.6. The molecule has 0 bridgehead atoms. The summed E-state index contributed by atoms with van der Waals surface area (Å²) in [6.45, 7) is 0.661. The van der Waals surface area contributed by atoms with Crippen LogP contribution in [0.4, 0.5) is 0 Å².